The number of hydrogen-bond acceptors (Lipinski definition) is 4. The Morgan fingerprint density at radius 3 is 2.59 bits per heavy atom. The van der Waals surface area contributed by atoms with Crippen molar-refractivity contribution in [3.05, 3.63) is 59.7 Å². The van der Waals surface area contributed by atoms with Gasteiger partial charge in [-0.3, -0.25) is 4.79 Å². The molecule has 4 nitrogen and oxygen atoms in total. The molecule has 0 bridgehead atoms. The molecular formula is C22H23NO3S. The highest BCUT2D eigenvalue weighted by atomic mass is 32.2. The average Bonchev–Trinajstić information content (AvgIpc) is 3.45. The zero-order valence-electron chi connectivity index (χ0n) is 15.4. The van der Waals surface area contributed by atoms with Crippen LogP contribution in [0.4, 0.5) is 0 Å². The van der Waals surface area contributed by atoms with Crippen molar-refractivity contribution in [2.45, 2.75) is 42.0 Å². The number of ether oxygens (including phenoxy) is 1. The Morgan fingerprint density at radius 2 is 1.89 bits per heavy atom. The topological polar surface area (TPSA) is 46.6 Å². The van der Waals surface area contributed by atoms with Crippen molar-refractivity contribution < 1.29 is 14.3 Å². The van der Waals surface area contributed by atoms with Gasteiger partial charge in [-0.2, -0.15) is 0 Å². The van der Waals surface area contributed by atoms with Crippen LogP contribution in [0.25, 0.3) is 0 Å². The molecule has 0 N–H and O–H groups in total. The SMILES string of the molecule is Cc1ccccc1Sc1ccc(C(=O)OC[C@H]2CC(=O)N(C3CC3)C2)cc1. The lowest BCUT2D eigenvalue weighted by atomic mass is 10.1. The third-order valence-corrected chi connectivity index (χ3v) is 6.27. The van der Waals surface area contributed by atoms with Crippen molar-refractivity contribution in [2.24, 2.45) is 5.92 Å². The summed E-state index contributed by atoms with van der Waals surface area (Å²) in [6.07, 6.45) is 2.73. The minimum absolute atomic E-state index is 0.123. The van der Waals surface area contributed by atoms with Gasteiger partial charge in [-0.25, -0.2) is 4.79 Å². The molecule has 0 unspecified atom stereocenters. The number of esters is 1. The number of hydrogen-bond donors (Lipinski definition) is 0. The van der Waals surface area contributed by atoms with Gasteiger partial charge in [0, 0.05) is 34.7 Å². The van der Waals surface area contributed by atoms with Crippen LogP contribution in [-0.2, 0) is 9.53 Å². The summed E-state index contributed by atoms with van der Waals surface area (Å²) >= 11 is 1.68. The Kier molecular flexibility index (Phi) is 5.21. The van der Waals surface area contributed by atoms with Crippen LogP contribution in [-0.4, -0.2) is 36.0 Å². The molecule has 1 amide bonds. The molecule has 1 aliphatic heterocycles. The quantitative estimate of drug-likeness (QED) is 0.700. The molecule has 140 valence electrons. The molecule has 2 aromatic carbocycles. The number of carbonyl (C=O) groups is 2. The van der Waals surface area contributed by atoms with E-state index in [4.69, 9.17) is 4.74 Å². The molecule has 1 atom stereocenters. The lowest BCUT2D eigenvalue weighted by Crippen LogP contribution is -2.27. The molecule has 1 saturated heterocycles. The highest BCUT2D eigenvalue weighted by molar-refractivity contribution is 7.99. The van der Waals surface area contributed by atoms with E-state index in [2.05, 4.69) is 19.1 Å². The summed E-state index contributed by atoms with van der Waals surface area (Å²) in [6.45, 7) is 3.13. The van der Waals surface area contributed by atoms with E-state index < -0.39 is 0 Å². The van der Waals surface area contributed by atoms with Crippen LogP contribution < -0.4 is 0 Å². The van der Waals surface area contributed by atoms with E-state index in [1.54, 1.807) is 23.9 Å². The molecular weight excluding hydrogens is 358 g/mol. The average molecular weight is 381 g/mol. The maximum atomic E-state index is 12.3. The largest absolute Gasteiger partial charge is 0.462 e. The molecule has 0 radical (unpaired) electrons. The van der Waals surface area contributed by atoms with Gasteiger partial charge in [-0.1, -0.05) is 30.0 Å². The highest BCUT2D eigenvalue weighted by Gasteiger charge is 2.39. The molecule has 2 fully saturated rings. The van der Waals surface area contributed by atoms with Gasteiger partial charge in [0.25, 0.3) is 0 Å². The van der Waals surface area contributed by atoms with Crippen LogP contribution >= 0.6 is 11.8 Å². The maximum absolute atomic E-state index is 12.3. The van der Waals surface area contributed by atoms with Crippen LogP contribution in [0.2, 0.25) is 0 Å². The van der Waals surface area contributed by atoms with Gasteiger partial charge in [0.1, 0.15) is 0 Å². The third kappa shape index (κ3) is 4.35. The van der Waals surface area contributed by atoms with Crippen molar-refractivity contribution in [1.29, 1.82) is 0 Å². The first-order chi connectivity index (χ1) is 13.1. The maximum Gasteiger partial charge on any atom is 0.338 e. The Morgan fingerprint density at radius 1 is 1.15 bits per heavy atom. The van der Waals surface area contributed by atoms with Crippen LogP contribution in [0.1, 0.15) is 35.2 Å². The first kappa shape index (κ1) is 18.1. The second-order valence-electron chi connectivity index (χ2n) is 7.34. The minimum Gasteiger partial charge on any atom is -0.462 e. The van der Waals surface area contributed by atoms with Gasteiger partial charge in [-0.05, 0) is 55.7 Å². The standard InChI is InChI=1S/C22H23NO3S/c1-15-4-2-3-5-20(15)27-19-10-6-17(7-11-19)22(25)26-14-16-12-21(24)23(13-16)18-8-9-18/h2-7,10-11,16,18H,8-9,12-14H2,1H3/t16-/m0/s1. The van der Waals surface area contributed by atoms with Crippen molar-refractivity contribution in [3.63, 3.8) is 0 Å². The van der Waals surface area contributed by atoms with E-state index in [1.807, 2.05) is 29.2 Å². The Bertz CT molecular complexity index is 845. The molecule has 5 heteroatoms. The van der Waals surface area contributed by atoms with E-state index >= 15 is 0 Å². The van der Waals surface area contributed by atoms with Gasteiger partial charge in [0.15, 0.2) is 0 Å². The van der Waals surface area contributed by atoms with E-state index in [9.17, 15) is 9.59 Å². The Balaban J connectivity index is 1.30. The predicted molar refractivity (Wildman–Crippen MR) is 105 cm³/mol. The van der Waals surface area contributed by atoms with Gasteiger partial charge in [-0.15, -0.1) is 0 Å². The smallest absolute Gasteiger partial charge is 0.338 e. The van der Waals surface area contributed by atoms with Crippen LogP contribution in [0.15, 0.2) is 58.3 Å². The Hall–Kier alpha value is -2.27. The summed E-state index contributed by atoms with van der Waals surface area (Å²) in [4.78, 5) is 28.5. The molecule has 4 rings (SSSR count). The van der Waals surface area contributed by atoms with Crippen LogP contribution in [0.5, 0.6) is 0 Å². The van der Waals surface area contributed by atoms with Crippen molar-refractivity contribution in [1.82, 2.24) is 4.90 Å². The lowest BCUT2D eigenvalue weighted by Gasteiger charge is -2.15. The normalized spacial score (nSPS) is 19.4. The summed E-state index contributed by atoms with van der Waals surface area (Å²) in [5.41, 5.74) is 1.78. The number of aryl methyl sites for hydroxylation is 1. The molecule has 1 aliphatic carbocycles. The van der Waals surface area contributed by atoms with Gasteiger partial charge < -0.3 is 9.64 Å². The Labute approximate surface area is 163 Å². The number of nitrogens with zero attached hydrogens (tertiary/aromatic N) is 1. The lowest BCUT2D eigenvalue weighted by molar-refractivity contribution is -0.128. The molecule has 2 aliphatic rings. The van der Waals surface area contributed by atoms with E-state index in [1.165, 1.54) is 10.5 Å². The number of benzene rings is 2. The minimum atomic E-state index is -0.320. The van der Waals surface area contributed by atoms with Gasteiger partial charge in [0.2, 0.25) is 5.91 Å². The summed E-state index contributed by atoms with van der Waals surface area (Å²) in [5.74, 6) is 0.00818. The van der Waals surface area contributed by atoms with Crippen LogP contribution in [0, 0.1) is 12.8 Å². The summed E-state index contributed by atoms with van der Waals surface area (Å²) in [6, 6.07) is 16.2. The second-order valence-corrected chi connectivity index (χ2v) is 8.45. The molecule has 1 heterocycles. The monoisotopic (exact) mass is 381 g/mol. The zero-order chi connectivity index (χ0) is 18.8. The fourth-order valence-electron chi connectivity index (χ4n) is 3.39. The number of rotatable bonds is 6. The van der Waals surface area contributed by atoms with E-state index in [0.717, 1.165) is 24.3 Å². The first-order valence-corrected chi connectivity index (χ1v) is 10.2. The number of carbonyl (C=O) groups excluding carboxylic acids is 2. The molecule has 1 saturated carbocycles. The van der Waals surface area contributed by atoms with Crippen LogP contribution in [0.3, 0.4) is 0 Å². The highest BCUT2D eigenvalue weighted by Crippen LogP contribution is 2.33. The zero-order valence-corrected chi connectivity index (χ0v) is 16.2. The van der Waals surface area contributed by atoms with Crippen molar-refractivity contribution in [2.75, 3.05) is 13.2 Å². The van der Waals surface area contributed by atoms with E-state index in [0.29, 0.717) is 24.6 Å². The van der Waals surface area contributed by atoms with Crippen molar-refractivity contribution >= 4 is 23.6 Å². The second kappa shape index (κ2) is 7.77. The summed E-state index contributed by atoms with van der Waals surface area (Å²) < 4.78 is 5.46. The third-order valence-electron chi connectivity index (χ3n) is 5.09. The fourth-order valence-corrected chi connectivity index (χ4v) is 4.29. The summed E-state index contributed by atoms with van der Waals surface area (Å²) in [5, 5.41) is 0. The van der Waals surface area contributed by atoms with E-state index in [-0.39, 0.29) is 17.8 Å². The van der Waals surface area contributed by atoms with Crippen molar-refractivity contribution in [3.8, 4) is 0 Å². The van der Waals surface area contributed by atoms with Gasteiger partial charge >= 0.3 is 5.97 Å². The predicted octanol–water partition coefficient (Wildman–Crippen LogP) is 4.31. The number of amides is 1. The molecule has 27 heavy (non-hydrogen) atoms. The fraction of sp³-hybridized carbons (Fsp3) is 0.364. The molecule has 0 spiro atoms. The molecule has 2 aromatic rings. The number of likely N-dealkylation sites (tertiary alicyclic amines) is 1. The summed E-state index contributed by atoms with van der Waals surface area (Å²) in [7, 11) is 0. The molecule has 0 aromatic heterocycles. The first-order valence-electron chi connectivity index (χ1n) is 9.40. The van der Waals surface area contributed by atoms with Gasteiger partial charge in [0.05, 0.1) is 12.2 Å².